The standard InChI is InChI=1S/C24H29FN6O/c25-22-17-26-18-29-24(22)28-16-20-5-3-19(4-6-20)7-8-21-9-10-27-23(30-21)2-1-11-31-12-14-32-15-13-31/h3-6,9-10,17-18H,1-2,7-8,11-16H2,(H,26,28,29). The van der Waals surface area contributed by atoms with Crippen LogP contribution >= 0.6 is 0 Å². The van der Waals surface area contributed by atoms with E-state index in [0.29, 0.717) is 6.54 Å². The maximum Gasteiger partial charge on any atom is 0.183 e. The number of hydrogen-bond donors (Lipinski definition) is 1. The van der Waals surface area contributed by atoms with Crippen LogP contribution in [0.3, 0.4) is 0 Å². The second-order valence-corrected chi connectivity index (χ2v) is 7.91. The smallest absolute Gasteiger partial charge is 0.183 e. The van der Waals surface area contributed by atoms with Crippen molar-refractivity contribution in [3.8, 4) is 0 Å². The molecule has 0 amide bonds. The molecular formula is C24H29FN6O. The summed E-state index contributed by atoms with van der Waals surface area (Å²) >= 11 is 0. The number of morpholine rings is 1. The SMILES string of the molecule is Fc1cncnc1NCc1ccc(CCc2ccnc(CCCN3CCOCC3)n2)cc1. The van der Waals surface area contributed by atoms with Crippen LogP contribution in [0.4, 0.5) is 10.2 Å². The van der Waals surface area contributed by atoms with E-state index >= 15 is 0 Å². The van der Waals surface area contributed by atoms with Crippen LogP contribution in [0, 0.1) is 5.82 Å². The first kappa shape index (κ1) is 22.2. The predicted molar refractivity (Wildman–Crippen MR) is 121 cm³/mol. The van der Waals surface area contributed by atoms with E-state index in [0.717, 1.165) is 81.8 Å². The summed E-state index contributed by atoms with van der Waals surface area (Å²) in [6, 6.07) is 10.3. The van der Waals surface area contributed by atoms with Crippen molar-refractivity contribution >= 4 is 5.82 Å². The predicted octanol–water partition coefficient (Wildman–Crippen LogP) is 3.07. The molecule has 1 aliphatic heterocycles. The van der Waals surface area contributed by atoms with E-state index in [1.165, 1.54) is 11.9 Å². The second kappa shape index (κ2) is 11.6. The van der Waals surface area contributed by atoms with Crippen molar-refractivity contribution in [3.05, 3.63) is 77.5 Å². The van der Waals surface area contributed by atoms with E-state index in [1.807, 2.05) is 12.3 Å². The van der Waals surface area contributed by atoms with Crippen molar-refractivity contribution < 1.29 is 9.13 Å². The molecule has 0 atom stereocenters. The highest BCUT2D eigenvalue weighted by Gasteiger charge is 2.10. The van der Waals surface area contributed by atoms with E-state index in [4.69, 9.17) is 9.72 Å². The molecule has 1 aliphatic rings. The largest absolute Gasteiger partial charge is 0.379 e. The average molecular weight is 437 g/mol. The Kier molecular flexibility index (Phi) is 8.05. The summed E-state index contributed by atoms with van der Waals surface area (Å²) in [4.78, 5) is 19.2. The van der Waals surface area contributed by atoms with Gasteiger partial charge in [0.2, 0.25) is 0 Å². The molecule has 32 heavy (non-hydrogen) atoms. The van der Waals surface area contributed by atoms with Gasteiger partial charge in [-0.2, -0.15) is 0 Å². The maximum atomic E-state index is 13.6. The minimum atomic E-state index is -0.450. The van der Waals surface area contributed by atoms with Gasteiger partial charge in [0.05, 0.1) is 19.4 Å². The molecule has 3 heterocycles. The minimum Gasteiger partial charge on any atom is -0.379 e. The number of hydrogen-bond acceptors (Lipinski definition) is 7. The molecule has 0 aliphatic carbocycles. The molecule has 8 heteroatoms. The number of ether oxygens (including phenoxy) is 1. The molecule has 2 aromatic heterocycles. The highest BCUT2D eigenvalue weighted by molar-refractivity contribution is 5.35. The summed E-state index contributed by atoms with van der Waals surface area (Å²) in [5.41, 5.74) is 3.39. The Hall–Kier alpha value is -2.97. The molecule has 1 aromatic carbocycles. The minimum absolute atomic E-state index is 0.216. The van der Waals surface area contributed by atoms with Gasteiger partial charge in [-0.25, -0.2) is 24.3 Å². The molecule has 0 radical (unpaired) electrons. The maximum absolute atomic E-state index is 13.6. The lowest BCUT2D eigenvalue weighted by atomic mass is 10.1. The number of nitrogens with one attached hydrogen (secondary N) is 1. The van der Waals surface area contributed by atoms with Crippen LogP contribution in [0.5, 0.6) is 0 Å². The molecule has 1 fully saturated rings. The zero-order chi connectivity index (χ0) is 22.0. The van der Waals surface area contributed by atoms with Crippen molar-refractivity contribution in [2.45, 2.75) is 32.2 Å². The van der Waals surface area contributed by atoms with Crippen molar-refractivity contribution in [1.29, 1.82) is 0 Å². The summed E-state index contributed by atoms with van der Waals surface area (Å²) in [5.74, 6) is 0.692. The Morgan fingerprint density at radius 2 is 1.78 bits per heavy atom. The number of halogens is 1. The molecule has 0 bridgehead atoms. The molecule has 3 aromatic rings. The number of nitrogens with zero attached hydrogens (tertiary/aromatic N) is 5. The molecule has 7 nitrogen and oxygen atoms in total. The van der Waals surface area contributed by atoms with Gasteiger partial charge in [-0.05, 0) is 43.0 Å². The first-order valence-corrected chi connectivity index (χ1v) is 11.1. The van der Waals surface area contributed by atoms with Gasteiger partial charge in [0.15, 0.2) is 11.6 Å². The van der Waals surface area contributed by atoms with Gasteiger partial charge in [-0.3, -0.25) is 4.90 Å². The van der Waals surface area contributed by atoms with E-state index in [2.05, 4.69) is 49.4 Å². The Bertz CT molecular complexity index is 978. The number of aromatic nitrogens is 4. The Balaban J connectivity index is 1.22. The van der Waals surface area contributed by atoms with Gasteiger partial charge in [0.25, 0.3) is 0 Å². The fourth-order valence-corrected chi connectivity index (χ4v) is 3.71. The van der Waals surface area contributed by atoms with Crippen molar-refractivity contribution in [1.82, 2.24) is 24.8 Å². The zero-order valence-corrected chi connectivity index (χ0v) is 18.2. The van der Waals surface area contributed by atoms with E-state index in [9.17, 15) is 4.39 Å². The highest BCUT2D eigenvalue weighted by Crippen LogP contribution is 2.12. The monoisotopic (exact) mass is 436 g/mol. The molecule has 0 saturated carbocycles. The van der Waals surface area contributed by atoms with Gasteiger partial charge in [0.1, 0.15) is 12.2 Å². The lowest BCUT2D eigenvalue weighted by molar-refractivity contribution is 0.0374. The van der Waals surface area contributed by atoms with Crippen molar-refractivity contribution in [2.75, 3.05) is 38.2 Å². The van der Waals surface area contributed by atoms with Crippen LogP contribution < -0.4 is 5.32 Å². The molecule has 0 unspecified atom stereocenters. The molecule has 1 N–H and O–H groups in total. The molecule has 1 saturated heterocycles. The Morgan fingerprint density at radius 1 is 0.969 bits per heavy atom. The van der Waals surface area contributed by atoms with Crippen molar-refractivity contribution in [3.63, 3.8) is 0 Å². The fourth-order valence-electron chi connectivity index (χ4n) is 3.71. The molecule has 0 spiro atoms. The van der Waals surface area contributed by atoms with E-state index in [-0.39, 0.29) is 5.82 Å². The summed E-state index contributed by atoms with van der Waals surface area (Å²) in [5, 5.41) is 3.00. The summed E-state index contributed by atoms with van der Waals surface area (Å²) < 4.78 is 19.0. The van der Waals surface area contributed by atoms with Crippen LogP contribution in [0.25, 0.3) is 0 Å². The number of rotatable bonds is 10. The van der Waals surface area contributed by atoms with Gasteiger partial charge in [-0.15, -0.1) is 0 Å². The van der Waals surface area contributed by atoms with Gasteiger partial charge in [0, 0.05) is 37.9 Å². The quantitative estimate of drug-likeness (QED) is 0.523. The van der Waals surface area contributed by atoms with E-state index < -0.39 is 5.82 Å². The number of anilines is 1. The van der Waals surface area contributed by atoms with Gasteiger partial charge < -0.3 is 10.1 Å². The lowest BCUT2D eigenvalue weighted by Crippen LogP contribution is -2.37. The fraction of sp³-hybridized carbons (Fsp3) is 0.417. The topological polar surface area (TPSA) is 76.1 Å². The lowest BCUT2D eigenvalue weighted by Gasteiger charge is -2.26. The second-order valence-electron chi connectivity index (χ2n) is 7.91. The molecule has 168 valence electrons. The van der Waals surface area contributed by atoms with Crippen LogP contribution in [-0.2, 0) is 30.5 Å². The summed E-state index contributed by atoms with van der Waals surface area (Å²) in [6.07, 6.45) is 8.12. The molecular weight excluding hydrogens is 407 g/mol. The Morgan fingerprint density at radius 3 is 2.59 bits per heavy atom. The van der Waals surface area contributed by atoms with Crippen molar-refractivity contribution in [2.24, 2.45) is 0 Å². The van der Waals surface area contributed by atoms with Gasteiger partial charge >= 0.3 is 0 Å². The van der Waals surface area contributed by atoms with Gasteiger partial charge in [-0.1, -0.05) is 24.3 Å². The summed E-state index contributed by atoms with van der Waals surface area (Å²) in [7, 11) is 0. The third-order valence-corrected chi connectivity index (χ3v) is 5.56. The van der Waals surface area contributed by atoms with Crippen LogP contribution in [0.1, 0.15) is 29.1 Å². The first-order valence-electron chi connectivity index (χ1n) is 11.1. The molecule has 4 rings (SSSR count). The number of aryl methyl sites for hydroxylation is 3. The van der Waals surface area contributed by atoms with Crippen LogP contribution in [0.15, 0.2) is 49.1 Å². The average Bonchev–Trinajstić information content (AvgIpc) is 2.84. The number of benzene rings is 1. The normalized spacial score (nSPS) is 14.4. The highest BCUT2D eigenvalue weighted by atomic mass is 19.1. The summed E-state index contributed by atoms with van der Waals surface area (Å²) in [6.45, 7) is 5.30. The first-order chi connectivity index (χ1) is 15.8. The van der Waals surface area contributed by atoms with Crippen LogP contribution in [-0.4, -0.2) is 57.7 Å². The van der Waals surface area contributed by atoms with Crippen LogP contribution in [0.2, 0.25) is 0 Å². The van der Waals surface area contributed by atoms with E-state index in [1.54, 1.807) is 0 Å². The zero-order valence-electron chi connectivity index (χ0n) is 18.2. The third kappa shape index (κ3) is 6.77. The Labute approximate surface area is 188 Å². The third-order valence-electron chi connectivity index (χ3n) is 5.56.